The topological polar surface area (TPSA) is 0 Å². The van der Waals surface area contributed by atoms with Gasteiger partial charge in [0.05, 0.1) is 0 Å². The molecule has 1 saturated carbocycles. The van der Waals surface area contributed by atoms with Gasteiger partial charge in [-0.1, -0.05) is 70.5 Å². The third kappa shape index (κ3) is 2.14. The highest BCUT2D eigenvalue weighted by molar-refractivity contribution is 9.10. The Labute approximate surface area is 325 Å². The van der Waals surface area contributed by atoms with Crippen LogP contribution in [0, 0.1) is 5.82 Å². The van der Waals surface area contributed by atoms with Gasteiger partial charge in [-0.15, -0.1) is 0 Å². The molecule has 4 atom stereocenters. The third-order valence-electron chi connectivity index (χ3n) is 17.6. The van der Waals surface area contributed by atoms with Crippen molar-refractivity contribution in [3.63, 3.8) is 0 Å². The van der Waals surface area contributed by atoms with Gasteiger partial charge in [0.1, 0.15) is 5.82 Å². The van der Waals surface area contributed by atoms with E-state index in [2.05, 4.69) is 82.7 Å². The lowest BCUT2D eigenvalue weighted by atomic mass is 9.58. The highest BCUT2D eigenvalue weighted by atomic mass is 79.9. The first kappa shape index (κ1) is 26.3. The number of halogens is 2. The van der Waals surface area contributed by atoms with Crippen molar-refractivity contribution >= 4 is 134 Å². The van der Waals surface area contributed by atoms with E-state index in [1.165, 1.54) is 27.5 Å². The number of hydrogen-bond acceptors (Lipinski definition) is 0. The number of benzene rings is 11. The van der Waals surface area contributed by atoms with Crippen molar-refractivity contribution in [3.8, 4) is 0 Å². The van der Waals surface area contributed by atoms with E-state index < -0.39 is 0 Å². The van der Waals surface area contributed by atoms with E-state index >= 15 is 0 Å². The summed E-state index contributed by atoms with van der Waals surface area (Å²) >= 11 is 3.78. The van der Waals surface area contributed by atoms with Crippen LogP contribution in [-0.2, 0) is 24.7 Å². The van der Waals surface area contributed by atoms with Crippen LogP contribution in [0.15, 0.2) is 83.3 Å². The van der Waals surface area contributed by atoms with Crippen molar-refractivity contribution in [2.75, 3.05) is 0 Å². The van der Waals surface area contributed by atoms with Gasteiger partial charge < -0.3 is 0 Å². The van der Waals surface area contributed by atoms with Crippen molar-refractivity contribution in [2.45, 2.75) is 48.9 Å². The van der Waals surface area contributed by atoms with E-state index in [9.17, 15) is 4.39 Å². The smallest absolute Gasteiger partial charge is 0.123 e. The average molecular weight is 772 g/mol. The molecule has 0 saturated heterocycles. The summed E-state index contributed by atoms with van der Waals surface area (Å²) in [5.41, 5.74) is 13.6. The maximum atomic E-state index is 14.8. The van der Waals surface area contributed by atoms with Gasteiger partial charge in [-0.3, -0.25) is 0 Å². The Kier molecular flexibility index (Phi) is 3.46. The summed E-state index contributed by atoms with van der Waals surface area (Å²) in [5.74, 6) is 0.759. The van der Waals surface area contributed by atoms with Crippen molar-refractivity contribution in [1.29, 1.82) is 0 Å². The van der Waals surface area contributed by atoms with Gasteiger partial charge in [-0.25, -0.2) is 4.39 Å². The molecule has 14 aromatic carbocycles. The lowest BCUT2D eigenvalue weighted by molar-refractivity contribution is 0.355. The molecule has 1 fully saturated rings. The number of fused-ring (bicyclic) bond motifs is 1. The molecule has 0 heterocycles. The molecule has 0 nitrogen and oxygen atoms in total. The monoisotopic (exact) mass is 770 g/mol. The molecule has 5 aliphatic rings. The van der Waals surface area contributed by atoms with Crippen LogP contribution in [0.2, 0.25) is 0 Å². The summed E-state index contributed by atoms with van der Waals surface area (Å²) in [5, 5.41) is 34.5. The largest absolute Gasteiger partial charge is 0.207 e. The minimum atomic E-state index is -0.145. The molecule has 56 heavy (non-hydrogen) atoms. The summed E-state index contributed by atoms with van der Waals surface area (Å²) in [6.07, 6.45) is 4.15. The van der Waals surface area contributed by atoms with Crippen molar-refractivity contribution in [1.82, 2.24) is 0 Å². The van der Waals surface area contributed by atoms with Gasteiger partial charge in [0.15, 0.2) is 0 Å². The fraction of sp³-hybridized carbons (Fsp3) is 0.148. The van der Waals surface area contributed by atoms with Gasteiger partial charge in [0, 0.05) is 15.8 Å². The van der Waals surface area contributed by atoms with Crippen LogP contribution < -0.4 is 0 Å². The highest BCUT2D eigenvalue weighted by Crippen LogP contribution is 2.76. The summed E-state index contributed by atoms with van der Waals surface area (Å²) in [6.45, 7) is 0. The van der Waals surface area contributed by atoms with Crippen LogP contribution in [-0.4, -0.2) is 0 Å². The van der Waals surface area contributed by atoms with Gasteiger partial charge in [-0.2, -0.15) is 0 Å². The van der Waals surface area contributed by atoms with E-state index in [1.807, 2.05) is 0 Å². The van der Waals surface area contributed by atoms with Crippen molar-refractivity contribution in [3.05, 3.63) is 139 Å². The van der Waals surface area contributed by atoms with Crippen LogP contribution in [0.25, 0.3) is 118 Å². The molecular formula is C54H24BrF. The van der Waals surface area contributed by atoms with Crippen molar-refractivity contribution in [2.24, 2.45) is 0 Å². The summed E-state index contributed by atoms with van der Waals surface area (Å²) in [7, 11) is 0. The second kappa shape index (κ2) is 7.37. The standard InChI is InChI=1S/C54H24BrF/c55-27-5-1-18(2-6-27)29-16-31(19-3-7-28(56)8-4-19)54-17-26-14-24-12-21-9-20-10-23-11-22-13-25-15-30(52(29)54)39-44-35(25)34(22)41-36(23)40-32(20)33(21)42-37(24)43-38(26)53(54)51(39)50-48(43)46(42)45(40)47(41)49(44)50/h1-8,10-12,14-15,29,31,52H,9,13,16-17H2. The molecule has 254 valence electrons. The third-order valence-corrected chi connectivity index (χ3v) is 18.1. The summed E-state index contributed by atoms with van der Waals surface area (Å²) in [4.78, 5) is 0. The minimum absolute atomic E-state index is 0.139. The van der Waals surface area contributed by atoms with Crippen LogP contribution in [0.5, 0.6) is 0 Å². The zero-order chi connectivity index (χ0) is 35.3. The molecular weight excluding hydrogens is 747 g/mol. The first-order valence-electron chi connectivity index (χ1n) is 20.6. The maximum absolute atomic E-state index is 14.8. The Morgan fingerprint density at radius 3 is 1.55 bits per heavy atom. The molecule has 1 spiro atoms. The maximum Gasteiger partial charge on any atom is 0.123 e. The lowest BCUT2D eigenvalue weighted by Crippen LogP contribution is -2.37. The summed E-state index contributed by atoms with van der Waals surface area (Å²) in [6, 6.07) is 30.3. The normalized spacial score (nSPS) is 23.5. The Morgan fingerprint density at radius 2 is 0.946 bits per heavy atom. The Bertz CT molecular complexity index is 4230. The molecule has 14 aromatic rings. The Balaban J connectivity index is 1.16. The molecule has 4 unspecified atom stereocenters. The second-order valence-corrected chi connectivity index (χ2v) is 20.1. The fourth-order valence-corrected chi connectivity index (χ4v) is 16.7. The van der Waals surface area contributed by atoms with E-state index in [-0.39, 0.29) is 17.2 Å². The molecule has 0 N–H and O–H groups in total. The number of rotatable bonds is 2. The predicted octanol–water partition coefficient (Wildman–Crippen LogP) is 14.4. The predicted molar refractivity (Wildman–Crippen MR) is 233 cm³/mol. The SMILES string of the molecule is Fc1ccc(C2CC(c3ccc(Br)cc3)C3c4cc5c6c7c(cc8cc9c%10c%11c(cc%12cc%13c%14c(c%15c4c6c4c%15c6c%14c%12c%11c6c6c%10c8c7c46)C23C%13)C9)C5)cc1. The van der Waals surface area contributed by atoms with Crippen LogP contribution in [0.3, 0.4) is 0 Å². The van der Waals surface area contributed by atoms with E-state index in [1.54, 1.807) is 153 Å². The first-order chi connectivity index (χ1) is 27.6. The number of hydrogen-bond donors (Lipinski definition) is 0. The van der Waals surface area contributed by atoms with Gasteiger partial charge in [-0.05, 0) is 230 Å². The molecule has 5 aliphatic carbocycles. The van der Waals surface area contributed by atoms with Crippen LogP contribution >= 0.6 is 15.9 Å². The van der Waals surface area contributed by atoms with Gasteiger partial charge in [0.2, 0.25) is 0 Å². The molecule has 0 bridgehead atoms. The van der Waals surface area contributed by atoms with Crippen LogP contribution in [0.1, 0.15) is 74.2 Å². The van der Waals surface area contributed by atoms with Crippen molar-refractivity contribution < 1.29 is 4.39 Å². The highest BCUT2D eigenvalue weighted by Gasteiger charge is 2.63. The van der Waals surface area contributed by atoms with E-state index in [0.29, 0.717) is 11.8 Å². The Hall–Kier alpha value is -5.57. The quantitative estimate of drug-likeness (QED) is 0.154. The van der Waals surface area contributed by atoms with E-state index in [0.717, 1.165) is 30.2 Å². The van der Waals surface area contributed by atoms with Gasteiger partial charge >= 0.3 is 0 Å². The molecule has 0 aromatic heterocycles. The summed E-state index contributed by atoms with van der Waals surface area (Å²) < 4.78 is 16.0. The molecule has 2 heteroatoms. The zero-order valence-corrected chi connectivity index (χ0v) is 31.4. The molecule has 0 amide bonds. The lowest BCUT2D eigenvalue weighted by Gasteiger charge is -2.43. The first-order valence-corrected chi connectivity index (χ1v) is 21.4. The fourth-order valence-electron chi connectivity index (χ4n) is 16.5. The van der Waals surface area contributed by atoms with E-state index in [4.69, 9.17) is 0 Å². The molecule has 0 radical (unpaired) electrons. The zero-order valence-electron chi connectivity index (χ0n) is 29.8. The van der Waals surface area contributed by atoms with Crippen LogP contribution in [0.4, 0.5) is 4.39 Å². The second-order valence-electron chi connectivity index (χ2n) is 19.1. The molecule has 0 aliphatic heterocycles. The molecule has 19 rings (SSSR count). The van der Waals surface area contributed by atoms with Gasteiger partial charge in [0.25, 0.3) is 0 Å². The average Bonchev–Trinajstić information content (AvgIpc) is 4.05. The minimum Gasteiger partial charge on any atom is -0.207 e. The Morgan fingerprint density at radius 1 is 0.464 bits per heavy atom.